The molecule has 342 valence electrons. The molecular weight excluding hydrogens is 731 g/mol. The van der Waals surface area contributed by atoms with E-state index in [-0.39, 0.29) is 24.9 Å². The number of rotatable bonds is 44. The van der Waals surface area contributed by atoms with E-state index >= 15 is 0 Å². The number of ether oxygens (including phenoxy) is 1. The molecule has 59 heavy (non-hydrogen) atoms. The fourth-order valence-corrected chi connectivity index (χ4v) is 7.40. The SMILES string of the molecule is CCC/C=C/C=C/C=C/C=C/C=C/CCCCCCCC(=O)OC(CCCCCCCCC)CC(=O)NC(CO)C(O)CCCCCCCCCCCCCCCCC. The average Bonchev–Trinajstić information content (AvgIpc) is 3.23. The van der Waals surface area contributed by atoms with Crippen molar-refractivity contribution in [1.29, 1.82) is 0 Å². The third-order valence-electron chi connectivity index (χ3n) is 11.2. The van der Waals surface area contributed by atoms with Crippen LogP contribution in [0.15, 0.2) is 60.8 Å². The Morgan fingerprint density at radius 1 is 0.492 bits per heavy atom. The van der Waals surface area contributed by atoms with Gasteiger partial charge >= 0.3 is 5.97 Å². The highest BCUT2D eigenvalue weighted by Crippen LogP contribution is 2.18. The van der Waals surface area contributed by atoms with Crippen molar-refractivity contribution >= 4 is 11.9 Å². The topological polar surface area (TPSA) is 95.9 Å². The standard InChI is InChI=1S/C53H95NO5/c1-4-7-10-13-16-18-20-22-24-25-26-28-30-32-34-37-40-43-46-53(58)59-49(44-41-38-35-15-12-9-6-3)47-52(57)54-50(48-55)51(56)45-42-39-36-33-31-29-27-23-21-19-17-14-11-8-5-2/h10,13,16,18,20,22,24-26,28,49-51,55-56H,4-9,11-12,14-15,17,19,21,23,27,29-48H2,1-3H3,(H,54,57)/b13-10+,18-16+,22-20+,25-24+,28-26+. The normalized spacial score (nSPS) is 13.8. The Kier molecular flexibility index (Phi) is 44.7. The first-order valence-corrected chi connectivity index (χ1v) is 25.1. The van der Waals surface area contributed by atoms with Gasteiger partial charge in [0.05, 0.1) is 25.2 Å². The van der Waals surface area contributed by atoms with Gasteiger partial charge in [-0.3, -0.25) is 9.59 Å². The number of carbonyl (C=O) groups is 2. The van der Waals surface area contributed by atoms with Gasteiger partial charge in [-0.25, -0.2) is 0 Å². The molecule has 0 rings (SSSR count). The first-order valence-electron chi connectivity index (χ1n) is 25.1. The number of nitrogens with one attached hydrogen (secondary N) is 1. The van der Waals surface area contributed by atoms with Crippen molar-refractivity contribution in [2.24, 2.45) is 0 Å². The summed E-state index contributed by atoms with van der Waals surface area (Å²) in [4.78, 5) is 26.0. The molecule has 6 heteroatoms. The summed E-state index contributed by atoms with van der Waals surface area (Å²) in [5.74, 6) is -0.505. The third-order valence-corrected chi connectivity index (χ3v) is 11.2. The van der Waals surface area contributed by atoms with Gasteiger partial charge in [-0.05, 0) is 44.9 Å². The van der Waals surface area contributed by atoms with E-state index in [2.05, 4.69) is 62.5 Å². The highest BCUT2D eigenvalue weighted by molar-refractivity contribution is 5.77. The van der Waals surface area contributed by atoms with E-state index in [0.29, 0.717) is 19.3 Å². The van der Waals surface area contributed by atoms with Crippen LogP contribution in [0.25, 0.3) is 0 Å². The van der Waals surface area contributed by atoms with Crippen molar-refractivity contribution in [3.63, 3.8) is 0 Å². The molecule has 0 aromatic carbocycles. The van der Waals surface area contributed by atoms with E-state index in [0.717, 1.165) is 83.5 Å². The summed E-state index contributed by atoms with van der Waals surface area (Å²) in [5.41, 5.74) is 0. The molecule has 0 fully saturated rings. The maximum Gasteiger partial charge on any atom is 0.306 e. The zero-order valence-electron chi connectivity index (χ0n) is 38.9. The van der Waals surface area contributed by atoms with Gasteiger partial charge in [-0.1, -0.05) is 242 Å². The lowest BCUT2D eigenvalue weighted by Gasteiger charge is -2.24. The Morgan fingerprint density at radius 2 is 0.898 bits per heavy atom. The molecule has 6 nitrogen and oxygen atoms in total. The lowest BCUT2D eigenvalue weighted by molar-refractivity contribution is -0.151. The van der Waals surface area contributed by atoms with Gasteiger partial charge in [-0.2, -0.15) is 0 Å². The molecule has 1 amide bonds. The van der Waals surface area contributed by atoms with Gasteiger partial charge in [0.25, 0.3) is 0 Å². The Hall–Kier alpha value is -2.44. The predicted octanol–water partition coefficient (Wildman–Crippen LogP) is 14.8. The number of allylic oxidation sites excluding steroid dienone is 10. The fraction of sp³-hybridized carbons (Fsp3) is 0.774. The number of hydrogen-bond donors (Lipinski definition) is 3. The molecule has 0 aliphatic heterocycles. The van der Waals surface area contributed by atoms with Crippen LogP contribution in [0.4, 0.5) is 0 Å². The van der Waals surface area contributed by atoms with Gasteiger partial charge in [0, 0.05) is 6.42 Å². The molecule has 0 saturated carbocycles. The molecule has 0 saturated heterocycles. The lowest BCUT2D eigenvalue weighted by Crippen LogP contribution is -2.46. The second-order valence-electron chi connectivity index (χ2n) is 17.0. The van der Waals surface area contributed by atoms with Crippen LogP contribution in [0.3, 0.4) is 0 Å². The third kappa shape index (κ3) is 42.1. The molecule has 0 aromatic heterocycles. The molecule has 3 unspecified atom stereocenters. The largest absolute Gasteiger partial charge is 0.462 e. The van der Waals surface area contributed by atoms with E-state index in [1.165, 1.54) is 109 Å². The molecule has 0 heterocycles. The van der Waals surface area contributed by atoms with Crippen LogP contribution < -0.4 is 5.32 Å². The average molecular weight is 826 g/mol. The molecule has 0 radical (unpaired) electrons. The quantitative estimate of drug-likeness (QED) is 0.0323. The van der Waals surface area contributed by atoms with Crippen LogP contribution in [0.5, 0.6) is 0 Å². The minimum absolute atomic E-state index is 0.0660. The second-order valence-corrected chi connectivity index (χ2v) is 17.0. The number of hydrogen-bond acceptors (Lipinski definition) is 5. The number of aliphatic hydroxyl groups excluding tert-OH is 2. The molecule has 3 atom stereocenters. The Bertz CT molecular complexity index is 1060. The van der Waals surface area contributed by atoms with Crippen LogP contribution in [-0.2, 0) is 14.3 Å². The number of aliphatic hydroxyl groups is 2. The molecular formula is C53H95NO5. The van der Waals surface area contributed by atoms with Gasteiger partial charge < -0.3 is 20.3 Å². The van der Waals surface area contributed by atoms with Crippen molar-refractivity contribution in [2.75, 3.05) is 6.61 Å². The summed E-state index contributed by atoms with van der Waals surface area (Å²) >= 11 is 0. The van der Waals surface area contributed by atoms with Gasteiger partial charge in [0.15, 0.2) is 0 Å². The van der Waals surface area contributed by atoms with E-state index in [9.17, 15) is 19.8 Å². The summed E-state index contributed by atoms with van der Waals surface area (Å²) < 4.78 is 5.88. The van der Waals surface area contributed by atoms with E-state index in [1.807, 2.05) is 24.3 Å². The molecule has 0 aliphatic rings. The molecule has 3 N–H and O–H groups in total. The summed E-state index contributed by atoms with van der Waals surface area (Å²) in [6.45, 7) is 6.36. The predicted molar refractivity (Wildman–Crippen MR) is 255 cm³/mol. The lowest BCUT2D eigenvalue weighted by atomic mass is 10.0. The molecule has 0 spiro atoms. The van der Waals surface area contributed by atoms with Crippen LogP contribution in [0.2, 0.25) is 0 Å². The molecule has 0 bridgehead atoms. The summed E-state index contributed by atoms with van der Waals surface area (Å²) in [6, 6.07) is -0.705. The monoisotopic (exact) mass is 826 g/mol. The molecule has 0 aromatic rings. The van der Waals surface area contributed by atoms with Gasteiger partial charge in [0.1, 0.15) is 6.10 Å². The van der Waals surface area contributed by atoms with Crippen molar-refractivity contribution in [3.8, 4) is 0 Å². The van der Waals surface area contributed by atoms with E-state index in [1.54, 1.807) is 0 Å². The minimum atomic E-state index is -0.791. The first-order chi connectivity index (χ1) is 29.0. The van der Waals surface area contributed by atoms with Crippen LogP contribution in [0, 0.1) is 0 Å². The Labute approximate surface area is 365 Å². The highest BCUT2D eigenvalue weighted by Gasteiger charge is 2.24. The fourth-order valence-electron chi connectivity index (χ4n) is 7.40. The van der Waals surface area contributed by atoms with Crippen LogP contribution in [0.1, 0.15) is 239 Å². The van der Waals surface area contributed by atoms with Crippen LogP contribution >= 0.6 is 0 Å². The maximum atomic E-state index is 13.1. The zero-order valence-corrected chi connectivity index (χ0v) is 38.9. The number of amides is 1. The number of carbonyl (C=O) groups excluding carboxylic acids is 2. The van der Waals surface area contributed by atoms with Crippen molar-refractivity contribution in [1.82, 2.24) is 5.32 Å². The van der Waals surface area contributed by atoms with E-state index in [4.69, 9.17) is 4.74 Å². The van der Waals surface area contributed by atoms with Crippen molar-refractivity contribution in [2.45, 2.75) is 257 Å². The Morgan fingerprint density at radius 3 is 1.37 bits per heavy atom. The summed E-state index contributed by atoms with van der Waals surface area (Å²) in [6.07, 6.45) is 57.1. The Balaban J connectivity index is 4.42. The maximum absolute atomic E-state index is 13.1. The van der Waals surface area contributed by atoms with Crippen LogP contribution in [-0.4, -0.2) is 46.9 Å². The minimum Gasteiger partial charge on any atom is -0.462 e. The second kappa shape index (κ2) is 46.6. The smallest absolute Gasteiger partial charge is 0.306 e. The first kappa shape index (κ1) is 56.6. The van der Waals surface area contributed by atoms with Crippen molar-refractivity contribution < 1.29 is 24.5 Å². The van der Waals surface area contributed by atoms with Gasteiger partial charge in [-0.15, -0.1) is 0 Å². The van der Waals surface area contributed by atoms with Gasteiger partial charge in [0.2, 0.25) is 5.91 Å². The van der Waals surface area contributed by atoms with Crippen molar-refractivity contribution in [3.05, 3.63) is 60.8 Å². The number of esters is 1. The highest BCUT2D eigenvalue weighted by atomic mass is 16.5. The summed E-state index contributed by atoms with van der Waals surface area (Å²) in [7, 11) is 0. The zero-order chi connectivity index (χ0) is 43.1. The number of unbranched alkanes of at least 4 members (excludes halogenated alkanes) is 26. The molecule has 0 aliphatic carbocycles. The van der Waals surface area contributed by atoms with E-state index < -0.39 is 18.2 Å². The summed E-state index contributed by atoms with van der Waals surface area (Å²) in [5, 5.41) is 23.7.